The lowest BCUT2D eigenvalue weighted by Crippen LogP contribution is -2.46. The second-order valence-corrected chi connectivity index (χ2v) is 9.63. The Bertz CT molecular complexity index is 795. The molecular weight excluding hydrogens is 388 g/mol. The molecule has 1 aliphatic heterocycles. The zero-order valence-electron chi connectivity index (χ0n) is 18.4. The Hall–Kier alpha value is -1.80. The molecule has 1 saturated heterocycles. The third kappa shape index (κ3) is 7.19. The van der Waals surface area contributed by atoms with Crippen molar-refractivity contribution in [2.75, 3.05) is 25.9 Å². The molecule has 29 heavy (non-hydrogen) atoms. The normalized spacial score (nSPS) is 19.2. The van der Waals surface area contributed by atoms with E-state index >= 15 is 0 Å². The zero-order valence-corrected chi connectivity index (χ0v) is 19.2. The van der Waals surface area contributed by atoms with E-state index in [2.05, 4.69) is 49.6 Å². The van der Waals surface area contributed by atoms with Crippen LogP contribution in [0.5, 0.6) is 5.75 Å². The first-order valence-electron chi connectivity index (χ1n) is 10.5. The van der Waals surface area contributed by atoms with E-state index in [1.807, 2.05) is 6.92 Å². The van der Waals surface area contributed by atoms with Crippen LogP contribution in [0.4, 0.5) is 0 Å². The largest absolute Gasteiger partial charge is 0.490 e. The van der Waals surface area contributed by atoms with E-state index < -0.39 is 10.0 Å². The highest BCUT2D eigenvalue weighted by molar-refractivity contribution is 7.88. The van der Waals surface area contributed by atoms with E-state index in [1.54, 1.807) is 4.31 Å². The summed E-state index contributed by atoms with van der Waals surface area (Å²) in [6.45, 7) is 10.6. The van der Waals surface area contributed by atoms with Gasteiger partial charge in [0.2, 0.25) is 10.0 Å². The lowest BCUT2D eigenvalue weighted by atomic mass is 10.1. The van der Waals surface area contributed by atoms with Gasteiger partial charge in [-0.1, -0.05) is 19.1 Å². The Balaban J connectivity index is 2.07. The van der Waals surface area contributed by atoms with Crippen molar-refractivity contribution in [3.63, 3.8) is 0 Å². The predicted octanol–water partition coefficient (Wildman–Crippen LogP) is 2.65. The van der Waals surface area contributed by atoms with Gasteiger partial charge < -0.3 is 15.4 Å². The number of benzene rings is 1. The minimum Gasteiger partial charge on any atom is -0.490 e. The Labute approximate surface area is 176 Å². The SMILES string of the molecule is CCNC(=NCc1ccc(C)cc1OC(C)CC)NC[C@H]1CCCN1S(C)(=O)=O. The van der Waals surface area contributed by atoms with Crippen molar-refractivity contribution < 1.29 is 13.2 Å². The number of hydrogen-bond donors (Lipinski definition) is 2. The topological polar surface area (TPSA) is 83.0 Å². The average molecular weight is 425 g/mol. The quantitative estimate of drug-likeness (QED) is 0.470. The van der Waals surface area contributed by atoms with Gasteiger partial charge in [-0.15, -0.1) is 0 Å². The van der Waals surface area contributed by atoms with Crippen LogP contribution in [0.15, 0.2) is 23.2 Å². The van der Waals surface area contributed by atoms with Crippen LogP contribution >= 0.6 is 0 Å². The zero-order chi connectivity index (χ0) is 21.4. The number of guanidine groups is 1. The third-order valence-corrected chi connectivity index (χ3v) is 6.46. The fourth-order valence-electron chi connectivity index (χ4n) is 3.37. The van der Waals surface area contributed by atoms with Gasteiger partial charge in [0.1, 0.15) is 5.75 Å². The Kier molecular flexibility index (Phi) is 8.77. The van der Waals surface area contributed by atoms with Crippen LogP contribution in [0.2, 0.25) is 0 Å². The van der Waals surface area contributed by atoms with Gasteiger partial charge in [0.15, 0.2) is 5.96 Å². The number of aliphatic imine (C=N–C) groups is 1. The molecule has 8 heteroatoms. The third-order valence-electron chi connectivity index (χ3n) is 5.13. The number of rotatable bonds is 9. The van der Waals surface area contributed by atoms with Crippen molar-refractivity contribution in [1.82, 2.24) is 14.9 Å². The van der Waals surface area contributed by atoms with Crippen LogP contribution in [0.3, 0.4) is 0 Å². The minimum absolute atomic E-state index is 0.0301. The Morgan fingerprint density at radius 1 is 1.34 bits per heavy atom. The predicted molar refractivity (Wildman–Crippen MR) is 119 cm³/mol. The standard InChI is InChI=1S/C21H36N4O3S/c1-6-17(4)28-20-13-16(3)10-11-18(20)14-23-21(22-7-2)24-15-19-9-8-12-25(19)29(5,26)27/h10-11,13,17,19H,6-9,12,14-15H2,1-5H3,(H2,22,23,24)/t17?,19-/m1/s1. The second kappa shape index (κ2) is 10.8. The molecule has 0 radical (unpaired) electrons. The molecule has 2 N–H and O–H groups in total. The summed E-state index contributed by atoms with van der Waals surface area (Å²) in [7, 11) is -3.17. The van der Waals surface area contributed by atoms with Gasteiger partial charge in [-0.25, -0.2) is 13.4 Å². The van der Waals surface area contributed by atoms with Crippen molar-refractivity contribution in [3.8, 4) is 5.75 Å². The molecule has 0 aromatic heterocycles. The van der Waals surface area contributed by atoms with Gasteiger partial charge in [-0.2, -0.15) is 4.31 Å². The van der Waals surface area contributed by atoms with E-state index in [1.165, 1.54) is 6.26 Å². The van der Waals surface area contributed by atoms with Gasteiger partial charge in [-0.05, 0) is 51.7 Å². The molecule has 2 atom stereocenters. The number of nitrogens with zero attached hydrogens (tertiary/aromatic N) is 2. The van der Waals surface area contributed by atoms with Crippen LogP contribution in [0.1, 0.15) is 51.2 Å². The van der Waals surface area contributed by atoms with Crippen LogP contribution in [0, 0.1) is 6.92 Å². The van der Waals surface area contributed by atoms with Crippen molar-refractivity contribution >= 4 is 16.0 Å². The highest BCUT2D eigenvalue weighted by Crippen LogP contribution is 2.23. The molecule has 0 saturated carbocycles. The summed E-state index contributed by atoms with van der Waals surface area (Å²) < 4.78 is 31.5. The summed E-state index contributed by atoms with van der Waals surface area (Å²) in [4.78, 5) is 4.70. The molecule has 1 aliphatic rings. The van der Waals surface area contributed by atoms with Crippen molar-refractivity contribution in [2.45, 2.75) is 65.6 Å². The van der Waals surface area contributed by atoms with Crippen LogP contribution < -0.4 is 15.4 Å². The van der Waals surface area contributed by atoms with Crippen molar-refractivity contribution in [2.24, 2.45) is 4.99 Å². The van der Waals surface area contributed by atoms with Crippen LogP contribution in [-0.2, 0) is 16.6 Å². The summed E-state index contributed by atoms with van der Waals surface area (Å²) in [5.74, 6) is 1.56. The van der Waals surface area contributed by atoms with Crippen molar-refractivity contribution in [3.05, 3.63) is 29.3 Å². The fraction of sp³-hybridized carbons (Fsp3) is 0.667. The molecular formula is C21H36N4O3S. The van der Waals surface area contributed by atoms with Crippen LogP contribution in [0.25, 0.3) is 0 Å². The first-order chi connectivity index (χ1) is 13.7. The highest BCUT2D eigenvalue weighted by Gasteiger charge is 2.31. The first kappa shape index (κ1) is 23.5. The van der Waals surface area contributed by atoms with Crippen LogP contribution in [-0.4, -0.2) is 56.7 Å². The number of aryl methyl sites for hydroxylation is 1. The Morgan fingerprint density at radius 2 is 2.10 bits per heavy atom. The van der Waals surface area contributed by atoms with Gasteiger partial charge in [0.25, 0.3) is 0 Å². The number of sulfonamides is 1. The molecule has 0 aliphatic carbocycles. The summed E-state index contributed by atoms with van der Waals surface area (Å²) in [5, 5.41) is 6.55. The fourth-order valence-corrected chi connectivity index (χ4v) is 4.55. The number of hydrogen-bond acceptors (Lipinski definition) is 4. The van der Waals surface area contributed by atoms with E-state index in [0.29, 0.717) is 25.6 Å². The van der Waals surface area contributed by atoms with E-state index in [4.69, 9.17) is 9.73 Å². The molecule has 0 amide bonds. The molecule has 1 fully saturated rings. The van der Waals surface area contributed by atoms with Gasteiger partial charge in [0, 0.05) is 31.2 Å². The maximum absolute atomic E-state index is 11.9. The average Bonchev–Trinajstić information content (AvgIpc) is 3.14. The number of ether oxygens (including phenoxy) is 1. The smallest absolute Gasteiger partial charge is 0.211 e. The molecule has 7 nitrogen and oxygen atoms in total. The van der Waals surface area contributed by atoms with Gasteiger partial charge >= 0.3 is 0 Å². The molecule has 2 rings (SSSR count). The maximum Gasteiger partial charge on any atom is 0.211 e. The Morgan fingerprint density at radius 3 is 2.76 bits per heavy atom. The molecule has 1 heterocycles. The van der Waals surface area contributed by atoms with Gasteiger partial charge in [-0.3, -0.25) is 0 Å². The lowest BCUT2D eigenvalue weighted by Gasteiger charge is -2.23. The second-order valence-electron chi connectivity index (χ2n) is 7.69. The van der Waals surface area contributed by atoms with Crippen molar-refractivity contribution in [1.29, 1.82) is 0 Å². The molecule has 0 bridgehead atoms. The summed E-state index contributed by atoms with van der Waals surface area (Å²) in [5.41, 5.74) is 2.19. The number of nitrogens with one attached hydrogen (secondary N) is 2. The highest BCUT2D eigenvalue weighted by atomic mass is 32.2. The monoisotopic (exact) mass is 424 g/mol. The van der Waals surface area contributed by atoms with Gasteiger partial charge in [0.05, 0.1) is 18.9 Å². The van der Waals surface area contributed by atoms with E-state index in [0.717, 1.165) is 42.7 Å². The summed E-state index contributed by atoms with van der Waals surface area (Å²) in [6.07, 6.45) is 4.13. The molecule has 1 aromatic carbocycles. The molecule has 1 unspecified atom stereocenters. The minimum atomic E-state index is -3.17. The first-order valence-corrected chi connectivity index (χ1v) is 12.3. The lowest BCUT2D eigenvalue weighted by molar-refractivity contribution is 0.215. The summed E-state index contributed by atoms with van der Waals surface area (Å²) in [6, 6.07) is 6.15. The van der Waals surface area contributed by atoms with E-state index in [-0.39, 0.29) is 12.1 Å². The van der Waals surface area contributed by atoms with E-state index in [9.17, 15) is 8.42 Å². The molecule has 1 aromatic rings. The molecule has 164 valence electrons. The maximum atomic E-state index is 11.9. The molecule has 0 spiro atoms. The summed E-state index contributed by atoms with van der Waals surface area (Å²) >= 11 is 0.